The van der Waals surface area contributed by atoms with Crippen molar-refractivity contribution in [3.05, 3.63) is 39.6 Å². The highest BCUT2D eigenvalue weighted by Gasteiger charge is 2.18. The second kappa shape index (κ2) is 10.7. The van der Waals surface area contributed by atoms with Gasteiger partial charge in [-0.1, -0.05) is 6.92 Å². The first kappa shape index (κ1) is 21.8. The molecule has 2 aromatic rings. The molecule has 152 valence electrons. The number of hydrogen-bond acceptors (Lipinski definition) is 6. The van der Waals surface area contributed by atoms with Crippen LogP contribution in [0.2, 0.25) is 0 Å². The summed E-state index contributed by atoms with van der Waals surface area (Å²) in [7, 11) is 0. The number of nitrogens with zero attached hydrogens (tertiary/aromatic N) is 1. The lowest BCUT2D eigenvalue weighted by atomic mass is 10.1. The van der Waals surface area contributed by atoms with Crippen molar-refractivity contribution in [3.8, 4) is 17.2 Å². The molecule has 1 heterocycles. The molecule has 0 bridgehead atoms. The van der Waals surface area contributed by atoms with Crippen molar-refractivity contribution in [1.82, 2.24) is 5.43 Å². The number of hydrazone groups is 1. The molecule has 0 aliphatic carbocycles. The molecule has 1 aromatic carbocycles. The van der Waals surface area contributed by atoms with Crippen molar-refractivity contribution in [2.24, 2.45) is 5.10 Å². The maximum Gasteiger partial charge on any atom is 0.271 e. The molecule has 0 fully saturated rings. The van der Waals surface area contributed by atoms with E-state index in [0.717, 1.165) is 17.0 Å². The average molecular weight is 405 g/mol. The fraction of sp³-hybridized carbons (Fsp3) is 0.429. The first-order valence-corrected chi connectivity index (χ1v) is 10.4. The van der Waals surface area contributed by atoms with Gasteiger partial charge in [-0.3, -0.25) is 4.79 Å². The summed E-state index contributed by atoms with van der Waals surface area (Å²) in [6.45, 7) is 11.0. The van der Waals surface area contributed by atoms with Gasteiger partial charge in [0.2, 0.25) is 5.75 Å². The molecule has 0 spiro atoms. The molecule has 7 heteroatoms. The van der Waals surface area contributed by atoms with E-state index in [2.05, 4.69) is 23.5 Å². The highest BCUT2D eigenvalue weighted by Crippen LogP contribution is 2.39. The Balaban J connectivity index is 2.26. The number of aryl methyl sites for hydroxylation is 1. The second-order valence-electron chi connectivity index (χ2n) is 5.86. The van der Waals surface area contributed by atoms with Crippen LogP contribution in [0.4, 0.5) is 0 Å². The molecule has 1 aromatic heterocycles. The molecule has 28 heavy (non-hydrogen) atoms. The van der Waals surface area contributed by atoms with Crippen molar-refractivity contribution in [1.29, 1.82) is 0 Å². The molecule has 0 aliphatic rings. The first-order valence-electron chi connectivity index (χ1n) is 9.54. The standard InChI is InChI=1S/C21H28N2O4S/c1-6-16-10-11-19(28-16)14(5)22-23-21(24)15-12-17(25-7-2)20(27-9-4)18(13-15)26-8-3/h10-13H,6-9H2,1-5H3,(H,23,24)/b22-14-. The average Bonchev–Trinajstić information content (AvgIpc) is 3.18. The van der Waals surface area contributed by atoms with Gasteiger partial charge in [0.25, 0.3) is 5.91 Å². The fourth-order valence-corrected chi connectivity index (χ4v) is 3.43. The number of carbonyl (C=O) groups excluding carboxylic acids is 1. The van der Waals surface area contributed by atoms with E-state index in [-0.39, 0.29) is 5.91 Å². The minimum Gasteiger partial charge on any atom is -0.490 e. The molecule has 0 saturated carbocycles. The molecule has 0 aliphatic heterocycles. The number of rotatable bonds is 10. The lowest BCUT2D eigenvalue weighted by Crippen LogP contribution is -2.19. The van der Waals surface area contributed by atoms with Crippen molar-refractivity contribution >= 4 is 23.0 Å². The SMILES string of the molecule is CCOc1cc(C(=O)N/N=C(/C)c2ccc(CC)s2)cc(OCC)c1OCC. The zero-order valence-corrected chi connectivity index (χ0v) is 17.9. The number of amides is 1. The number of carbonyl (C=O) groups is 1. The van der Waals surface area contributed by atoms with E-state index in [1.165, 1.54) is 4.88 Å². The van der Waals surface area contributed by atoms with Crippen LogP contribution in [0.1, 0.15) is 54.7 Å². The number of thiophene rings is 1. The highest BCUT2D eigenvalue weighted by atomic mass is 32.1. The highest BCUT2D eigenvalue weighted by molar-refractivity contribution is 7.14. The maximum atomic E-state index is 12.7. The number of benzene rings is 1. The van der Waals surface area contributed by atoms with E-state index in [4.69, 9.17) is 14.2 Å². The van der Waals surface area contributed by atoms with Gasteiger partial charge >= 0.3 is 0 Å². The van der Waals surface area contributed by atoms with Gasteiger partial charge in [0.15, 0.2) is 11.5 Å². The van der Waals surface area contributed by atoms with Crippen LogP contribution in [0.25, 0.3) is 0 Å². The van der Waals surface area contributed by atoms with E-state index in [1.54, 1.807) is 23.5 Å². The third-order valence-corrected chi connectivity index (χ3v) is 5.20. The normalized spacial score (nSPS) is 11.2. The van der Waals surface area contributed by atoms with Crippen LogP contribution in [0.15, 0.2) is 29.4 Å². The lowest BCUT2D eigenvalue weighted by molar-refractivity contribution is 0.0953. The Morgan fingerprint density at radius 1 is 1.00 bits per heavy atom. The summed E-state index contributed by atoms with van der Waals surface area (Å²) >= 11 is 1.68. The topological polar surface area (TPSA) is 69.2 Å². The maximum absolute atomic E-state index is 12.7. The van der Waals surface area contributed by atoms with Gasteiger partial charge in [0.05, 0.1) is 30.4 Å². The Kier molecular flexibility index (Phi) is 8.32. The molecule has 0 radical (unpaired) electrons. The Bertz CT molecular complexity index is 803. The van der Waals surface area contributed by atoms with Gasteiger partial charge in [-0.15, -0.1) is 11.3 Å². The number of ether oxygens (including phenoxy) is 3. The second-order valence-corrected chi connectivity index (χ2v) is 7.03. The molecule has 0 atom stereocenters. The summed E-state index contributed by atoms with van der Waals surface area (Å²) in [6.07, 6.45) is 0.983. The fourth-order valence-electron chi connectivity index (χ4n) is 2.54. The largest absolute Gasteiger partial charge is 0.490 e. The molecule has 1 N–H and O–H groups in total. The third-order valence-electron chi connectivity index (χ3n) is 3.86. The van der Waals surface area contributed by atoms with E-state index >= 15 is 0 Å². The van der Waals surface area contributed by atoms with Crippen LogP contribution in [-0.4, -0.2) is 31.4 Å². The lowest BCUT2D eigenvalue weighted by Gasteiger charge is -2.16. The smallest absolute Gasteiger partial charge is 0.271 e. The van der Waals surface area contributed by atoms with Crippen molar-refractivity contribution < 1.29 is 19.0 Å². The van der Waals surface area contributed by atoms with Crippen LogP contribution >= 0.6 is 11.3 Å². The van der Waals surface area contributed by atoms with Gasteiger partial charge in [-0.05, 0) is 58.4 Å². The zero-order valence-electron chi connectivity index (χ0n) is 17.1. The Hall–Kier alpha value is -2.54. The van der Waals surface area contributed by atoms with E-state index in [9.17, 15) is 4.79 Å². The van der Waals surface area contributed by atoms with Crippen LogP contribution in [0, 0.1) is 0 Å². The molecule has 6 nitrogen and oxygen atoms in total. The van der Waals surface area contributed by atoms with Gasteiger partial charge in [-0.25, -0.2) is 5.43 Å². The predicted molar refractivity (Wildman–Crippen MR) is 113 cm³/mol. The summed E-state index contributed by atoms with van der Waals surface area (Å²) in [5.74, 6) is 1.13. The summed E-state index contributed by atoms with van der Waals surface area (Å²) in [4.78, 5) is 15.0. The summed E-state index contributed by atoms with van der Waals surface area (Å²) < 4.78 is 17.0. The predicted octanol–water partition coefficient (Wildman–Crippen LogP) is 4.66. The van der Waals surface area contributed by atoms with E-state index in [0.29, 0.717) is 42.6 Å². The minimum atomic E-state index is -0.337. The van der Waals surface area contributed by atoms with Crippen molar-refractivity contribution in [2.45, 2.75) is 41.0 Å². The molecule has 2 rings (SSSR count). The van der Waals surface area contributed by atoms with Crippen LogP contribution in [0.3, 0.4) is 0 Å². The summed E-state index contributed by atoms with van der Waals surface area (Å²) in [5.41, 5.74) is 3.78. The number of hydrogen-bond donors (Lipinski definition) is 1. The quantitative estimate of drug-likeness (QED) is 0.462. The molecule has 0 unspecified atom stereocenters. The van der Waals surface area contributed by atoms with Crippen LogP contribution in [-0.2, 0) is 6.42 Å². The molecular formula is C21H28N2O4S. The molecule has 1 amide bonds. The van der Waals surface area contributed by atoms with Gasteiger partial charge in [-0.2, -0.15) is 5.10 Å². The Morgan fingerprint density at radius 2 is 1.61 bits per heavy atom. The molecular weight excluding hydrogens is 376 g/mol. The van der Waals surface area contributed by atoms with Crippen molar-refractivity contribution in [3.63, 3.8) is 0 Å². The summed E-state index contributed by atoms with van der Waals surface area (Å²) in [6, 6.07) is 7.40. The van der Waals surface area contributed by atoms with E-state index in [1.807, 2.05) is 33.8 Å². The number of nitrogens with one attached hydrogen (secondary N) is 1. The minimum absolute atomic E-state index is 0.337. The molecule has 0 saturated heterocycles. The third kappa shape index (κ3) is 5.48. The zero-order chi connectivity index (χ0) is 20.5. The van der Waals surface area contributed by atoms with Gasteiger partial charge in [0.1, 0.15) is 0 Å². The summed E-state index contributed by atoms with van der Waals surface area (Å²) in [5, 5.41) is 4.24. The Morgan fingerprint density at radius 3 is 2.11 bits per heavy atom. The Labute approximate surface area is 170 Å². The van der Waals surface area contributed by atoms with Crippen molar-refractivity contribution in [2.75, 3.05) is 19.8 Å². The van der Waals surface area contributed by atoms with Gasteiger partial charge < -0.3 is 14.2 Å². The van der Waals surface area contributed by atoms with E-state index < -0.39 is 0 Å². The van der Waals surface area contributed by atoms with Crippen LogP contribution in [0.5, 0.6) is 17.2 Å². The van der Waals surface area contributed by atoms with Gasteiger partial charge in [0, 0.05) is 10.4 Å². The monoisotopic (exact) mass is 404 g/mol. The first-order chi connectivity index (χ1) is 13.5. The van der Waals surface area contributed by atoms with Crippen LogP contribution < -0.4 is 19.6 Å².